The van der Waals surface area contributed by atoms with E-state index in [0.29, 0.717) is 44.9 Å². The number of rotatable bonds is 4. The third-order valence-corrected chi connectivity index (χ3v) is 7.37. The largest absolute Gasteiger partial charge is 0.379 e. The second-order valence-corrected chi connectivity index (χ2v) is 9.66. The van der Waals surface area contributed by atoms with Gasteiger partial charge in [-0.1, -0.05) is 30.3 Å². The highest BCUT2D eigenvalue weighted by atomic mass is 16.5. The Hall–Kier alpha value is -2.77. The van der Waals surface area contributed by atoms with E-state index >= 15 is 0 Å². The number of carbonyl (C=O) groups is 2. The topological polar surface area (TPSA) is 66.0 Å². The van der Waals surface area contributed by atoms with Crippen LogP contribution < -0.4 is 0 Å². The van der Waals surface area contributed by atoms with E-state index in [1.807, 2.05) is 41.0 Å². The first-order valence-electron chi connectivity index (χ1n) is 11.9. The van der Waals surface area contributed by atoms with Crippen molar-refractivity contribution < 1.29 is 14.3 Å². The first-order valence-corrected chi connectivity index (χ1v) is 11.9. The smallest absolute Gasteiger partial charge is 0.255 e. The molecule has 4 heterocycles. The Kier molecular flexibility index (Phi) is 6.17. The molecule has 1 aromatic carbocycles. The number of pyridine rings is 1. The van der Waals surface area contributed by atoms with Gasteiger partial charge < -0.3 is 14.5 Å². The molecule has 7 nitrogen and oxygen atoms in total. The van der Waals surface area contributed by atoms with Crippen LogP contribution in [0.4, 0.5) is 0 Å². The van der Waals surface area contributed by atoms with Crippen molar-refractivity contribution in [2.24, 2.45) is 0 Å². The van der Waals surface area contributed by atoms with Crippen molar-refractivity contribution in [3.63, 3.8) is 0 Å². The number of aryl methyl sites for hydroxylation is 1. The van der Waals surface area contributed by atoms with Crippen LogP contribution in [0.5, 0.6) is 0 Å². The highest BCUT2D eigenvalue weighted by Crippen LogP contribution is 2.36. The normalized spacial score (nSPS) is 24.6. The first-order chi connectivity index (χ1) is 16.0. The Labute approximate surface area is 195 Å². The molecular formula is C26H32N4O3. The number of piperidine rings is 1. The fourth-order valence-electron chi connectivity index (χ4n) is 5.59. The van der Waals surface area contributed by atoms with Gasteiger partial charge in [-0.2, -0.15) is 0 Å². The van der Waals surface area contributed by atoms with Crippen LogP contribution in [0.15, 0.2) is 48.8 Å². The molecule has 1 aromatic heterocycles. The summed E-state index contributed by atoms with van der Waals surface area (Å²) >= 11 is 0. The molecule has 7 heteroatoms. The van der Waals surface area contributed by atoms with Crippen LogP contribution in [0.2, 0.25) is 0 Å². The lowest BCUT2D eigenvalue weighted by atomic mass is 9.87. The second kappa shape index (κ2) is 9.23. The van der Waals surface area contributed by atoms with Crippen LogP contribution >= 0.6 is 0 Å². The fourth-order valence-corrected chi connectivity index (χ4v) is 5.59. The SMILES string of the molecule is Cc1cncc(C(=O)N2CCC(N3CC(=O)N(Cc4ccccc4)CC34CCOC4)CC2)c1. The number of aromatic nitrogens is 1. The molecule has 0 N–H and O–H groups in total. The van der Waals surface area contributed by atoms with E-state index in [4.69, 9.17) is 4.74 Å². The quantitative estimate of drug-likeness (QED) is 0.719. The van der Waals surface area contributed by atoms with Gasteiger partial charge in [0.15, 0.2) is 0 Å². The van der Waals surface area contributed by atoms with Crippen LogP contribution in [0.1, 0.15) is 40.7 Å². The van der Waals surface area contributed by atoms with E-state index in [-0.39, 0.29) is 23.4 Å². The van der Waals surface area contributed by atoms with E-state index in [1.54, 1.807) is 12.4 Å². The van der Waals surface area contributed by atoms with Crippen molar-refractivity contribution in [1.29, 1.82) is 0 Å². The van der Waals surface area contributed by atoms with E-state index in [2.05, 4.69) is 22.0 Å². The zero-order valence-corrected chi connectivity index (χ0v) is 19.3. The van der Waals surface area contributed by atoms with Crippen LogP contribution in [-0.2, 0) is 16.1 Å². The average Bonchev–Trinajstić information content (AvgIpc) is 3.30. The lowest BCUT2D eigenvalue weighted by Crippen LogP contribution is -2.68. The standard InChI is InChI=1S/C26H32N4O3/c1-20-13-22(15-27-14-20)25(32)28-10-7-23(8-11-28)30-17-24(31)29(16-21-5-3-2-4-6-21)18-26(30)9-12-33-19-26/h2-6,13-15,23H,7-12,16-19H2,1H3. The zero-order chi connectivity index (χ0) is 22.8. The Morgan fingerprint density at radius 3 is 2.67 bits per heavy atom. The van der Waals surface area contributed by atoms with E-state index in [9.17, 15) is 9.59 Å². The number of amides is 2. The second-order valence-electron chi connectivity index (χ2n) is 9.66. The first kappa shape index (κ1) is 22.0. The van der Waals surface area contributed by atoms with Gasteiger partial charge in [0.1, 0.15) is 0 Å². The maximum Gasteiger partial charge on any atom is 0.255 e. The summed E-state index contributed by atoms with van der Waals surface area (Å²) < 4.78 is 5.87. The van der Waals surface area contributed by atoms with E-state index in [0.717, 1.165) is 37.0 Å². The Morgan fingerprint density at radius 2 is 1.97 bits per heavy atom. The van der Waals surface area contributed by atoms with Gasteiger partial charge in [-0.05, 0) is 43.4 Å². The molecule has 3 fully saturated rings. The van der Waals surface area contributed by atoms with Crippen molar-refractivity contribution in [1.82, 2.24) is 19.7 Å². The number of hydrogen-bond donors (Lipinski definition) is 0. The molecule has 5 rings (SSSR count). The lowest BCUT2D eigenvalue weighted by molar-refractivity contribution is -0.148. The fraction of sp³-hybridized carbons (Fsp3) is 0.500. The minimum absolute atomic E-state index is 0.0484. The summed E-state index contributed by atoms with van der Waals surface area (Å²) in [6.07, 6.45) is 6.11. The van der Waals surface area contributed by atoms with Gasteiger partial charge in [-0.3, -0.25) is 19.5 Å². The van der Waals surface area contributed by atoms with Gasteiger partial charge in [-0.25, -0.2) is 0 Å². The molecule has 0 radical (unpaired) electrons. The van der Waals surface area contributed by atoms with Crippen LogP contribution in [-0.4, -0.2) is 82.5 Å². The molecular weight excluding hydrogens is 416 g/mol. The van der Waals surface area contributed by atoms with Crippen molar-refractivity contribution in [3.8, 4) is 0 Å². The third kappa shape index (κ3) is 4.52. The van der Waals surface area contributed by atoms with Crippen molar-refractivity contribution in [2.75, 3.05) is 39.4 Å². The predicted octanol–water partition coefficient (Wildman–Crippen LogP) is 2.50. The molecule has 3 aliphatic heterocycles. The summed E-state index contributed by atoms with van der Waals surface area (Å²) in [5.41, 5.74) is 2.68. The monoisotopic (exact) mass is 448 g/mol. The number of nitrogens with zero attached hydrogens (tertiary/aromatic N) is 4. The van der Waals surface area contributed by atoms with Crippen molar-refractivity contribution in [3.05, 3.63) is 65.5 Å². The van der Waals surface area contributed by atoms with Gasteiger partial charge in [0.25, 0.3) is 5.91 Å². The molecule has 3 saturated heterocycles. The number of piperazine rings is 1. The molecule has 0 aliphatic carbocycles. The highest BCUT2D eigenvalue weighted by molar-refractivity contribution is 5.94. The van der Waals surface area contributed by atoms with Gasteiger partial charge in [0.2, 0.25) is 5.91 Å². The summed E-state index contributed by atoms with van der Waals surface area (Å²) in [4.78, 5) is 36.6. The summed E-state index contributed by atoms with van der Waals surface area (Å²) in [5, 5.41) is 0. The van der Waals surface area contributed by atoms with Gasteiger partial charge >= 0.3 is 0 Å². The van der Waals surface area contributed by atoms with Crippen LogP contribution in [0.25, 0.3) is 0 Å². The minimum atomic E-state index is -0.125. The molecule has 1 unspecified atom stereocenters. The zero-order valence-electron chi connectivity index (χ0n) is 19.3. The molecule has 2 aromatic rings. The van der Waals surface area contributed by atoms with Crippen molar-refractivity contribution >= 4 is 11.8 Å². The number of carbonyl (C=O) groups excluding carboxylic acids is 2. The third-order valence-electron chi connectivity index (χ3n) is 7.37. The van der Waals surface area contributed by atoms with Gasteiger partial charge in [0.05, 0.1) is 24.3 Å². The molecule has 2 amide bonds. The molecule has 0 saturated carbocycles. The number of benzene rings is 1. The molecule has 3 aliphatic rings. The van der Waals surface area contributed by atoms with Gasteiger partial charge in [0, 0.05) is 51.2 Å². The summed E-state index contributed by atoms with van der Waals surface area (Å²) in [6.45, 7) is 6.53. The summed E-state index contributed by atoms with van der Waals surface area (Å²) in [6, 6.07) is 12.4. The number of ether oxygens (including phenoxy) is 1. The van der Waals surface area contributed by atoms with E-state index in [1.165, 1.54) is 0 Å². The van der Waals surface area contributed by atoms with Crippen LogP contribution in [0, 0.1) is 6.92 Å². The molecule has 33 heavy (non-hydrogen) atoms. The Morgan fingerprint density at radius 1 is 1.18 bits per heavy atom. The number of hydrogen-bond acceptors (Lipinski definition) is 5. The van der Waals surface area contributed by atoms with Crippen LogP contribution in [0.3, 0.4) is 0 Å². The summed E-state index contributed by atoms with van der Waals surface area (Å²) in [7, 11) is 0. The van der Waals surface area contributed by atoms with Gasteiger partial charge in [-0.15, -0.1) is 0 Å². The molecule has 1 spiro atoms. The summed E-state index contributed by atoms with van der Waals surface area (Å²) in [5.74, 6) is 0.230. The van der Waals surface area contributed by atoms with Crippen molar-refractivity contribution in [2.45, 2.75) is 44.3 Å². The lowest BCUT2D eigenvalue weighted by Gasteiger charge is -2.52. The Bertz CT molecular complexity index is 998. The average molecular weight is 449 g/mol. The minimum Gasteiger partial charge on any atom is -0.379 e. The highest BCUT2D eigenvalue weighted by Gasteiger charge is 2.50. The predicted molar refractivity (Wildman–Crippen MR) is 125 cm³/mol. The molecule has 0 bridgehead atoms. The number of likely N-dealkylation sites (tertiary alicyclic amines) is 1. The van der Waals surface area contributed by atoms with E-state index < -0.39 is 0 Å². The maximum absolute atomic E-state index is 13.2. The Balaban J connectivity index is 1.26. The molecule has 174 valence electrons. The molecule has 1 atom stereocenters. The maximum atomic E-state index is 13.2.